The van der Waals surface area contributed by atoms with E-state index in [9.17, 15) is 0 Å². The van der Waals surface area contributed by atoms with Crippen molar-refractivity contribution in [3.05, 3.63) is 28.9 Å². The molecule has 0 aliphatic heterocycles. The first-order chi connectivity index (χ1) is 6.31. The van der Waals surface area contributed by atoms with E-state index < -0.39 is 0 Å². The summed E-state index contributed by atoms with van der Waals surface area (Å²) in [6.45, 7) is 0.790. The van der Waals surface area contributed by atoms with E-state index in [1.165, 1.54) is 0 Å². The summed E-state index contributed by atoms with van der Waals surface area (Å²) < 4.78 is 0. The fourth-order valence-electron chi connectivity index (χ4n) is 1.35. The second-order valence-corrected chi connectivity index (χ2v) is 3.33. The van der Waals surface area contributed by atoms with Crippen molar-refractivity contribution in [2.75, 3.05) is 7.05 Å². The molecular weight excluding hydrogens is 186 g/mol. The summed E-state index contributed by atoms with van der Waals surface area (Å²) in [4.78, 5) is 0. The quantitative estimate of drug-likeness (QED) is 0.769. The highest BCUT2D eigenvalue weighted by atomic mass is 35.5. The van der Waals surface area contributed by atoms with Crippen molar-refractivity contribution in [2.24, 2.45) is 0 Å². The topological polar surface area (TPSA) is 40.7 Å². The molecule has 68 valence electrons. The van der Waals surface area contributed by atoms with E-state index in [0.717, 1.165) is 28.2 Å². The summed E-state index contributed by atoms with van der Waals surface area (Å²) in [5, 5.41) is 12.0. The lowest BCUT2D eigenvalue weighted by Crippen LogP contribution is -2.05. The molecule has 1 aromatic carbocycles. The Bertz CT molecular complexity index is 422. The van der Waals surface area contributed by atoms with E-state index in [1.54, 1.807) is 0 Å². The van der Waals surface area contributed by atoms with Crippen molar-refractivity contribution in [2.45, 2.75) is 6.54 Å². The Labute approximate surface area is 81.1 Å². The third kappa shape index (κ3) is 1.53. The number of benzene rings is 1. The molecule has 0 atom stereocenters. The van der Waals surface area contributed by atoms with Gasteiger partial charge in [-0.2, -0.15) is 5.10 Å². The van der Waals surface area contributed by atoms with Crippen molar-refractivity contribution in [1.82, 2.24) is 15.5 Å². The van der Waals surface area contributed by atoms with Gasteiger partial charge < -0.3 is 5.32 Å². The minimum atomic E-state index is 0.718. The number of aromatic amines is 1. The van der Waals surface area contributed by atoms with E-state index in [1.807, 2.05) is 25.2 Å². The molecule has 0 aliphatic rings. The summed E-state index contributed by atoms with van der Waals surface area (Å²) in [7, 11) is 1.91. The van der Waals surface area contributed by atoms with Crippen LogP contribution < -0.4 is 5.32 Å². The molecule has 3 nitrogen and oxygen atoms in total. The number of fused-ring (bicyclic) bond motifs is 1. The first-order valence-electron chi connectivity index (χ1n) is 4.08. The average molecular weight is 196 g/mol. The molecule has 0 radical (unpaired) electrons. The minimum Gasteiger partial charge on any atom is -0.314 e. The Morgan fingerprint density at radius 1 is 1.54 bits per heavy atom. The van der Waals surface area contributed by atoms with Crippen LogP contribution in [0.5, 0.6) is 0 Å². The molecule has 0 fully saturated rings. The second-order valence-electron chi connectivity index (χ2n) is 2.89. The predicted molar refractivity (Wildman–Crippen MR) is 53.9 cm³/mol. The fourth-order valence-corrected chi connectivity index (χ4v) is 1.52. The third-order valence-corrected chi connectivity index (χ3v) is 2.18. The van der Waals surface area contributed by atoms with Crippen molar-refractivity contribution >= 4 is 22.5 Å². The number of hydrogen-bond donors (Lipinski definition) is 2. The Kier molecular flexibility index (Phi) is 2.20. The molecule has 0 spiro atoms. The van der Waals surface area contributed by atoms with Gasteiger partial charge in [0.2, 0.25) is 0 Å². The Balaban J connectivity index is 2.55. The summed E-state index contributed by atoms with van der Waals surface area (Å²) in [5.74, 6) is 0. The monoisotopic (exact) mass is 195 g/mol. The molecule has 1 aromatic heterocycles. The van der Waals surface area contributed by atoms with Crippen LogP contribution in [-0.4, -0.2) is 17.2 Å². The highest BCUT2D eigenvalue weighted by Crippen LogP contribution is 2.19. The van der Waals surface area contributed by atoms with Gasteiger partial charge in [0.15, 0.2) is 0 Å². The summed E-state index contributed by atoms with van der Waals surface area (Å²) in [6.07, 6.45) is 0. The van der Waals surface area contributed by atoms with Gasteiger partial charge >= 0.3 is 0 Å². The number of nitrogens with zero attached hydrogens (tertiary/aromatic N) is 1. The molecule has 0 aliphatic carbocycles. The zero-order chi connectivity index (χ0) is 9.26. The van der Waals surface area contributed by atoms with E-state index in [0.29, 0.717) is 0 Å². The molecule has 0 amide bonds. The zero-order valence-electron chi connectivity index (χ0n) is 7.26. The number of aromatic nitrogens is 2. The van der Waals surface area contributed by atoms with Crippen LogP contribution in [0.4, 0.5) is 0 Å². The van der Waals surface area contributed by atoms with Crippen LogP contribution in [-0.2, 0) is 6.54 Å². The lowest BCUT2D eigenvalue weighted by Gasteiger charge is -1.95. The largest absolute Gasteiger partial charge is 0.314 e. The van der Waals surface area contributed by atoms with Crippen LogP contribution in [0, 0.1) is 0 Å². The van der Waals surface area contributed by atoms with Gasteiger partial charge in [0, 0.05) is 17.0 Å². The van der Waals surface area contributed by atoms with Crippen molar-refractivity contribution in [3.8, 4) is 0 Å². The average Bonchev–Trinajstić information content (AvgIpc) is 2.49. The van der Waals surface area contributed by atoms with Gasteiger partial charge in [-0.15, -0.1) is 0 Å². The molecule has 2 N–H and O–H groups in total. The van der Waals surface area contributed by atoms with Crippen LogP contribution >= 0.6 is 11.6 Å². The number of rotatable bonds is 2. The molecule has 1 heterocycles. The van der Waals surface area contributed by atoms with Crippen LogP contribution in [0.2, 0.25) is 5.02 Å². The maximum atomic E-state index is 5.84. The van der Waals surface area contributed by atoms with Crippen LogP contribution in [0.1, 0.15) is 5.69 Å². The van der Waals surface area contributed by atoms with E-state index in [4.69, 9.17) is 11.6 Å². The lowest BCUT2D eigenvalue weighted by atomic mass is 10.2. The van der Waals surface area contributed by atoms with E-state index in [2.05, 4.69) is 15.5 Å². The predicted octanol–water partition coefficient (Wildman–Crippen LogP) is 1.94. The van der Waals surface area contributed by atoms with Gasteiger partial charge in [-0.05, 0) is 25.2 Å². The van der Waals surface area contributed by atoms with Crippen molar-refractivity contribution in [3.63, 3.8) is 0 Å². The van der Waals surface area contributed by atoms with E-state index >= 15 is 0 Å². The first kappa shape index (κ1) is 8.53. The second kappa shape index (κ2) is 3.36. The zero-order valence-corrected chi connectivity index (χ0v) is 8.02. The number of nitrogens with one attached hydrogen (secondary N) is 2. The van der Waals surface area contributed by atoms with Gasteiger partial charge in [0.1, 0.15) is 0 Å². The van der Waals surface area contributed by atoms with Crippen LogP contribution in [0.3, 0.4) is 0 Å². The lowest BCUT2D eigenvalue weighted by molar-refractivity contribution is 0.789. The maximum Gasteiger partial charge on any atom is 0.0939 e. The molecule has 0 bridgehead atoms. The van der Waals surface area contributed by atoms with E-state index in [-0.39, 0.29) is 0 Å². The van der Waals surface area contributed by atoms with Crippen molar-refractivity contribution < 1.29 is 0 Å². The van der Waals surface area contributed by atoms with Gasteiger partial charge in [-0.3, -0.25) is 5.10 Å². The number of H-pyrrole nitrogens is 1. The summed E-state index contributed by atoms with van der Waals surface area (Å²) in [6, 6.07) is 5.71. The SMILES string of the molecule is CNCc1[nH]nc2cc(Cl)ccc12. The number of hydrogen-bond acceptors (Lipinski definition) is 2. The van der Waals surface area contributed by atoms with Gasteiger partial charge in [-0.25, -0.2) is 0 Å². The third-order valence-electron chi connectivity index (χ3n) is 1.95. The summed E-state index contributed by atoms with van der Waals surface area (Å²) >= 11 is 5.84. The smallest absolute Gasteiger partial charge is 0.0939 e. The van der Waals surface area contributed by atoms with Gasteiger partial charge in [-0.1, -0.05) is 11.6 Å². The molecule has 0 saturated carbocycles. The van der Waals surface area contributed by atoms with Gasteiger partial charge in [0.25, 0.3) is 0 Å². The molecular formula is C9H10ClN3. The van der Waals surface area contributed by atoms with Crippen LogP contribution in [0.25, 0.3) is 10.9 Å². The molecule has 2 rings (SSSR count). The highest BCUT2D eigenvalue weighted by Gasteiger charge is 2.03. The molecule has 0 saturated heterocycles. The highest BCUT2D eigenvalue weighted by molar-refractivity contribution is 6.31. The fraction of sp³-hybridized carbons (Fsp3) is 0.222. The maximum absolute atomic E-state index is 5.84. The van der Waals surface area contributed by atoms with Gasteiger partial charge in [0.05, 0.1) is 11.2 Å². The minimum absolute atomic E-state index is 0.718. The molecule has 4 heteroatoms. The Morgan fingerprint density at radius 2 is 2.38 bits per heavy atom. The Hall–Kier alpha value is -1.06. The molecule has 13 heavy (non-hydrogen) atoms. The Morgan fingerprint density at radius 3 is 3.15 bits per heavy atom. The first-order valence-corrected chi connectivity index (χ1v) is 4.46. The van der Waals surface area contributed by atoms with Crippen molar-refractivity contribution in [1.29, 1.82) is 0 Å². The normalized spacial score (nSPS) is 10.9. The van der Waals surface area contributed by atoms with Crippen LogP contribution in [0.15, 0.2) is 18.2 Å². The summed E-state index contributed by atoms with van der Waals surface area (Å²) in [5.41, 5.74) is 2.01. The molecule has 0 unspecified atom stereocenters. The standard InChI is InChI=1S/C9H10ClN3/c1-11-5-9-7-3-2-6(10)4-8(7)12-13-9/h2-4,11H,5H2,1H3,(H,12,13). The number of halogens is 1. The molecule has 2 aromatic rings.